The molecule has 2 aromatic heterocycles. The second-order valence-electron chi connectivity index (χ2n) is 3.80. The van der Waals surface area contributed by atoms with Gasteiger partial charge in [-0.3, -0.25) is 0 Å². The minimum absolute atomic E-state index is 0.331. The molecule has 1 aromatic carbocycles. The maximum Gasteiger partial charge on any atom is 0.139 e. The fraction of sp³-hybridized carbons (Fsp3) is 0.0769. The fourth-order valence-electron chi connectivity index (χ4n) is 1.91. The molecular formula is C13H10BrNO2. The quantitative estimate of drug-likeness (QED) is 0.780. The Kier molecular flexibility index (Phi) is 2.53. The van der Waals surface area contributed by atoms with Gasteiger partial charge in [-0.05, 0) is 28.1 Å². The van der Waals surface area contributed by atoms with Gasteiger partial charge in [0, 0.05) is 10.9 Å². The molecule has 3 aromatic rings. The average Bonchev–Trinajstić information content (AvgIpc) is 2.94. The lowest BCUT2D eigenvalue weighted by molar-refractivity contribution is 0.485. The zero-order valence-corrected chi connectivity index (χ0v) is 10.5. The van der Waals surface area contributed by atoms with Crippen LogP contribution in [0.5, 0.6) is 0 Å². The summed E-state index contributed by atoms with van der Waals surface area (Å²) in [7, 11) is 0. The van der Waals surface area contributed by atoms with E-state index in [1.165, 1.54) is 0 Å². The molecule has 0 fully saturated rings. The van der Waals surface area contributed by atoms with Crippen LogP contribution in [-0.2, 0) is 0 Å². The highest BCUT2D eigenvalue weighted by molar-refractivity contribution is 9.10. The highest BCUT2D eigenvalue weighted by Crippen LogP contribution is 2.32. The molecule has 0 saturated carbocycles. The lowest BCUT2D eigenvalue weighted by Gasteiger charge is -2.07. The monoisotopic (exact) mass is 291 g/mol. The number of hydrogen-bond donors (Lipinski definition) is 1. The van der Waals surface area contributed by atoms with Gasteiger partial charge in [0.1, 0.15) is 11.3 Å². The first-order valence-corrected chi connectivity index (χ1v) is 6.01. The van der Waals surface area contributed by atoms with Gasteiger partial charge < -0.3 is 14.6 Å². The Balaban J connectivity index is 2.13. The molecule has 0 saturated heterocycles. The summed E-state index contributed by atoms with van der Waals surface area (Å²) in [6.07, 6.45) is 3.30. The summed E-state index contributed by atoms with van der Waals surface area (Å²) in [4.78, 5) is 0. The Morgan fingerprint density at radius 1 is 1.12 bits per heavy atom. The van der Waals surface area contributed by atoms with E-state index in [2.05, 4.69) is 15.9 Å². The summed E-state index contributed by atoms with van der Waals surface area (Å²) in [6.45, 7) is 0. The highest BCUT2D eigenvalue weighted by Gasteiger charge is 2.19. The van der Waals surface area contributed by atoms with Gasteiger partial charge in [0.05, 0.1) is 23.0 Å². The van der Waals surface area contributed by atoms with Crippen molar-refractivity contribution in [2.24, 2.45) is 5.73 Å². The first-order valence-electron chi connectivity index (χ1n) is 5.22. The van der Waals surface area contributed by atoms with Crippen molar-refractivity contribution >= 4 is 26.9 Å². The van der Waals surface area contributed by atoms with Crippen molar-refractivity contribution in [1.82, 2.24) is 0 Å². The van der Waals surface area contributed by atoms with Crippen LogP contribution in [0, 0.1) is 0 Å². The maximum atomic E-state index is 6.19. The summed E-state index contributed by atoms with van der Waals surface area (Å²) in [5, 5.41) is 1.02. The van der Waals surface area contributed by atoms with Gasteiger partial charge in [-0.2, -0.15) is 0 Å². The van der Waals surface area contributed by atoms with Crippen molar-refractivity contribution < 1.29 is 8.83 Å². The van der Waals surface area contributed by atoms with Crippen molar-refractivity contribution in [2.75, 3.05) is 0 Å². The SMILES string of the molecule is NC(c1occc1Br)c1coc2ccccc12. The Hall–Kier alpha value is -1.52. The molecule has 3 rings (SSSR count). The van der Waals surface area contributed by atoms with E-state index < -0.39 is 0 Å². The molecule has 0 aliphatic rings. The number of para-hydroxylation sites is 1. The summed E-state index contributed by atoms with van der Waals surface area (Å²) in [6, 6.07) is 9.31. The molecule has 1 atom stereocenters. The van der Waals surface area contributed by atoms with Gasteiger partial charge >= 0.3 is 0 Å². The van der Waals surface area contributed by atoms with Crippen LogP contribution in [-0.4, -0.2) is 0 Å². The summed E-state index contributed by atoms with van der Waals surface area (Å²) in [5.41, 5.74) is 7.95. The van der Waals surface area contributed by atoms with Crippen LogP contribution in [0.15, 0.2) is 56.2 Å². The van der Waals surface area contributed by atoms with Crippen molar-refractivity contribution in [3.63, 3.8) is 0 Å². The smallest absolute Gasteiger partial charge is 0.139 e. The van der Waals surface area contributed by atoms with Crippen molar-refractivity contribution in [2.45, 2.75) is 6.04 Å². The van der Waals surface area contributed by atoms with Crippen LogP contribution in [0.2, 0.25) is 0 Å². The van der Waals surface area contributed by atoms with Gasteiger partial charge in [0.2, 0.25) is 0 Å². The molecule has 0 bridgehead atoms. The number of benzene rings is 1. The minimum Gasteiger partial charge on any atom is -0.466 e. The van der Waals surface area contributed by atoms with Crippen molar-refractivity contribution in [3.8, 4) is 0 Å². The molecular weight excluding hydrogens is 282 g/mol. The first kappa shape index (κ1) is 10.6. The second kappa shape index (κ2) is 4.05. The number of rotatable bonds is 2. The number of nitrogens with two attached hydrogens (primary N) is 1. The zero-order valence-electron chi connectivity index (χ0n) is 8.89. The third-order valence-electron chi connectivity index (χ3n) is 2.77. The van der Waals surface area contributed by atoms with Crippen LogP contribution in [0.25, 0.3) is 11.0 Å². The molecule has 2 N–H and O–H groups in total. The first-order chi connectivity index (χ1) is 8.27. The van der Waals surface area contributed by atoms with Gasteiger partial charge in [-0.15, -0.1) is 0 Å². The van der Waals surface area contributed by atoms with E-state index in [0.29, 0.717) is 5.76 Å². The number of furan rings is 2. The lowest BCUT2D eigenvalue weighted by atomic mass is 10.0. The van der Waals surface area contributed by atoms with Crippen molar-refractivity contribution in [1.29, 1.82) is 0 Å². The third kappa shape index (κ3) is 1.69. The Bertz CT molecular complexity index is 656. The molecule has 0 aliphatic carbocycles. The Labute approximate surface area is 106 Å². The normalized spacial score (nSPS) is 13.1. The predicted octanol–water partition coefficient (Wildman–Crippen LogP) is 3.84. The average molecular weight is 292 g/mol. The molecule has 3 nitrogen and oxygen atoms in total. The van der Waals surface area contributed by atoms with E-state index in [-0.39, 0.29) is 6.04 Å². The van der Waals surface area contributed by atoms with E-state index in [1.54, 1.807) is 12.5 Å². The van der Waals surface area contributed by atoms with E-state index in [4.69, 9.17) is 14.6 Å². The standard InChI is InChI=1S/C13H10BrNO2/c14-10-5-6-16-13(10)12(15)9-7-17-11-4-2-1-3-8(9)11/h1-7,12H,15H2. The zero-order chi connectivity index (χ0) is 11.8. The van der Waals surface area contributed by atoms with E-state index in [1.807, 2.05) is 30.3 Å². The number of halogens is 1. The van der Waals surface area contributed by atoms with Crippen molar-refractivity contribution in [3.05, 3.63) is 58.7 Å². The third-order valence-corrected chi connectivity index (χ3v) is 3.43. The molecule has 0 aliphatic heterocycles. The van der Waals surface area contributed by atoms with Crippen LogP contribution < -0.4 is 5.73 Å². The Morgan fingerprint density at radius 2 is 1.94 bits per heavy atom. The van der Waals surface area contributed by atoms with E-state index in [0.717, 1.165) is 21.0 Å². The molecule has 1 unspecified atom stereocenters. The number of fused-ring (bicyclic) bond motifs is 1. The van der Waals surface area contributed by atoms with E-state index >= 15 is 0 Å². The summed E-state index contributed by atoms with van der Waals surface area (Å²) < 4.78 is 11.7. The summed E-state index contributed by atoms with van der Waals surface area (Å²) >= 11 is 3.41. The minimum atomic E-state index is -0.331. The molecule has 0 spiro atoms. The summed E-state index contributed by atoms with van der Waals surface area (Å²) in [5.74, 6) is 0.705. The van der Waals surface area contributed by atoms with Gasteiger partial charge in [-0.25, -0.2) is 0 Å². The number of hydrogen-bond acceptors (Lipinski definition) is 3. The molecule has 0 amide bonds. The van der Waals surface area contributed by atoms with Crippen LogP contribution in [0.4, 0.5) is 0 Å². The van der Waals surface area contributed by atoms with E-state index in [9.17, 15) is 0 Å². The van der Waals surface area contributed by atoms with Gasteiger partial charge in [0.15, 0.2) is 0 Å². The highest BCUT2D eigenvalue weighted by atomic mass is 79.9. The maximum absolute atomic E-state index is 6.19. The molecule has 0 radical (unpaired) electrons. The van der Waals surface area contributed by atoms with Gasteiger partial charge in [-0.1, -0.05) is 18.2 Å². The molecule has 86 valence electrons. The van der Waals surface area contributed by atoms with Crippen LogP contribution in [0.3, 0.4) is 0 Å². The van der Waals surface area contributed by atoms with Crippen LogP contribution >= 0.6 is 15.9 Å². The lowest BCUT2D eigenvalue weighted by Crippen LogP contribution is -2.10. The molecule has 4 heteroatoms. The predicted molar refractivity (Wildman–Crippen MR) is 68.7 cm³/mol. The van der Waals surface area contributed by atoms with Crippen LogP contribution in [0.1, 0.15) is 17.4 Å². The second-order valence-corrected chi connectivity index (χ2v) is 4.65. The molecule has 17 heavy (non-hydrogen) atoms. The largest absolute Gasteiger partial charge is 0.466 e. The fourth-order valence-corrected chi connectivity index (χ4v) is 2.36. The topological polar surface area (TPSA) is 52.3 Å². The molecule has 2 heterocycles. The van der Waals surface area contributed by atoms with Gasteiger partial charge in [0.25, 0.3) is 0 Å². The Morgan fingerprint density at radius 3 is 2.71 bits per heavy atom.